The SMILES string of the molecule is CCNc1nn(C(=O)O)c2cc(-c3cnn(CC(=O)Nc4ccc(C)c(C(F)(F)F)c4)c3)cc(C(C)(C)C)c12. The second kappa shape index (κ2) is 10.1. The first-order valence-corrected chi connectivity index (χ1v) is 12.2. The summed E-state index contributed by atoms with van der Waals surface area (Å²) in [5.74, 6) is -0.0739. The molecule has 2 aromatic carbocycles. The van der Waals surface area contributed by atoms with E-state index in [0.717, 1.165) is 16.3 Å². The summed E-state index contributed by atoms with van der Waals surface area (Å²) in [6.45, 7) is 9.63. The van der Waals surface area contributed by atoms with Crippen molar-refractivity contribution in [3.05, 3.63) is 59.4 Å². The Morgan fingerprint density at radius 3 is 2.38 bits per heavy atom. The van der Waals surface area contributed by atoms with Crippen LogP contribution in [0.15, 0.2) is 42.7 Å². The second-order valence-electron chi connectivity index (χ2n) is 10.2. The lowest BCUT2D eigenvalue weighted by atomic mass is 9.83. The molecule has 9 nitrogen and oxygen atoms in total. The summed E-state index contributed by atoms with van der Waals surface area (Å²) in [5, 5.41) is 24.6. The van der Waals surface area contributed by atoms with E-state index in [4.69, 9.17) is 0 Å². The predicted molar refractivity (Wildman–Crippen MR) is 142 cm³/mol. The number of aromatic nitrogens is 4. The van der Waals surface area contributed by atoms with Crippen LogP contribution < -0.4 is 10.6 Å². The average molecular weight is 543 g/mol. The van der Waals surface area contributed by atoms with Crippen molar-refractivity contribution in [1.82, 2.24) is 19.6 Å². The van der Waals surface area contributed by atoms with Crippen molar-refractivity contribution >= 4 is 34.4 Å². The first-order chi connectivity index (χ1) is 18.2. The van der Waals surface area contributed by atoms with Gasteiger partial charge in [-0.2, -0.15) is 23.0 Å². The van der Waals surface area contributed by atoms with Gasteiger partial charge in [-0.3, -0.25) is 9.48 Å². The monoisotopic (exact) mass is 542 g/mol. The van der Waals surface area contributed by atoms with Crippen LogP contribution in [0.3, 0.4) is 0 Å². The van der Waals surface area contributed by atoms with E-state index in [2.05, 4.69) is 20.8 Å². The first kappa shape index (κ1) is 27.7. The van der Waals surface area contributed by atoms with Crippen molar-refractivity contribution in [2.24, 2.45) is 0 Å². The molecular formula is C27H29F3N6O3. The molecule has 0 aliphatic carbocycles. The summed E-state index contributed by atoms with van der Waals surface area (Å²) < 4.78 is 41.9. The molecule has 0 unspecified atom stereocenters. The van der Waals surface area contributed by atoms with E-state index in [-0.39, 0.29) is 23.2 Å². The topological polar surface area (TPSA) is 114 Å². The van der Waals surface area contributed by atoms with Gasteiger partial charge in [0.05, 0.1) is 17.3 Å². The van der Waals surface area contributed by atoms with Crippen LogP contribution in [0.5, 0.6) is 0 Å². The Morgan fingerprint density at radius 1 is 1.05 bits per heavy atom. The molecule has 0 aliphatic heterocycles. The summed E-state index contributed by atoms with van der Waals surface area (Å²) in [6, 6.07) is 7.27. The van der Waals surface area contributed by atoms with Crippen molar-refractivity contribution in [3.8, 4) is 11.1 Å². The van der Waals surface area contributed by atoms with Crippen LogP contribution in [-0.2, 0) is 22.9 Å². The highest BCUT2D eigenvalue weighted by Crippen LogP contribution is 2.38. The number of fused-ring (bicyclic) bond motifs is 1. The van der Waals surface area contributed by atoms with E-state index < -0.39 is 23.7 Å². The van der Waals surface area contributed by atoms with Crippen molar-refractivity contribution in [2.45, 2.75) is 52.8 Å². The Morgan fingerprint density at radius 2 is 1.77 bits per heavy atom. The molecular weight excluding hydrogens is 513 g/mol. The fourth-order valence-corrected chi connectivity index (χ4v) is 4.39. The van der Waals surface area contributed by atoms with E-state index in [9.17, 15) is 27.9 Å². The highest BCUT2D eigenvalue weighted by molar-refractivity contribution is 6.00. The number of hydrogen-bond acceptors (Lipinski definition) is 5. The number of nitrogens with zero attached hydrogens (tertiary/aromatic N) is 4. The molecule has 12 heteroatoms. The van der Waals surface area contributed by atoms with E-state index in [1.165, 1.54) is 23.7 Å². The molecule has 0 fully saturated rings. The van der Waals surface area contributed by atoms with Gasteiger partial charge in [0.15, 0.2) is 5.82 Å². The van der Waals surface area contributed by atoms with E-state index >= 15 is 0 Å². The third kappa shape index (κ3) is 5.74. The molecule has 0 radical (unpaired) electrons. The van der Waals surface area contributed by atoms with Gasteiger partial charge in [-0.1, -0.05) is 26.8 Å². The lowest BCUT2D eigenvalue weighted by molar-refractivity contribution is -0.138. The maximum Gasteiger partial charge on any atom is 0.432 e. The number of carbonyl (C=O) groups is 2. The smallest absolute Gasteiger partial charge is 0.432 e. The van der Waals surface area contributed by atoms with E-state index in [1.807, 2.05) is 33.8 Å². The highest BCUT2D eigenvalue weighted by atomic mass is 19.4. The predicted octanol–water partition coefficient (Wildman–Crippen LogP) is 6.12. The Hall–Kier alpha value is -4.35. The lowest BCUT2D eigenvalue weighted by Crippen LogP contribution is -2.19. The maximum atomic E-state index is 13.2. The fraction of sp³-hybridized carbons (Fsp3) is 0.333. The Bertz CT molecular complexity index is 1560. The summed E-state index contributed by atoms with van der Waals surface area (Å²) in [5.41, 5.74) is 1.52. The number of carbonyl (C=O) groups excluding carboxylic acids is 1. The minimum Gasteiger partial charge on any atom is -0.463 e. The molecule has 2 heterocycles. The van der Waals surface area contributed by atoms with Gasteiger partial charge in [-0.15, -0.1) is 5.10 Å². The summed E-state index contributed by atoms with van der Waals surface area (Å²) in [4.78, 5) is 24.5. The van der Waals surface area contributed by atoms with E-state index in [0.29, 0.717) is 34.4 Å². The van der Waals surface area contributed by atoms with E-state index in [1.54, 1.807) is 18.5 Å². The van der Waals surface area contributed by atoms with Gasteiger partial charge in [0, 0.05) is 29.4 Å². The lowest BCUT2D eigenvalue weighted by Gasteiger charge is -2.22. The van der Waals surface area contributed by atoms with Gasteiger partial charge in [0.2, 0.25) is 5.91 Å². The van der Waals surface area contributed by atoms with Gasteiger partial charge in [0.25, 0.3) is 0 Å². The molecule has 0 spiro atoms. The van der Waals surface area contributed by atoms with Crippen molar-refractivity contribution in [3.63, 3.8) is 0 Å². The third-order valence-electron chi connectivity index (χ3n) is 6.21. The van der Waals surface area contributed by atoms with Crippen LogP contribution in [0.25, 0.3) is 22.0 Å². The number of amides is 1. The van der Waals surface area contributed by atoms with Crippen LogP contribution in [0, 0.1) is 6.92 Å². The van der Waals surface area contributed by atoms with Gasteiger partial charge in [-0.25, -0.2) is 4.79 Å². The number of alkyl halides is 3. The zero-order valence-electron chi connectivity index (χ0n) is 22.1. The molecule has 206 valence electrons. The molecule has 39 heavy (non-hydrogen) atoms. The average Bonchev–Trinajstić information content (AvgIpc) is 3.43. The standard InChI is InChI=1S/C27H29F3N6O3/c1-6-31-24-23-20(26(3,4)5)9-16(10-21(23)36(34-24)25(38)39)17-12-32-35(13-17)14-22(37)33-18-8-7-15(2)19(11-18)27(28,29)30/h7-13H,6,14H2,1-5H3,(H,31,34)(H,33,37)(H,38,39). The Balaban J connectivity index is 1.65. The molecule has 3 N–H and O–H groups in total. The highest BCUT2D eigenvalue weighted by Gasteiger charge is 2.32. The van der Waals surface area contributed by atoms with Crippen LogP contribution >= 0.6 is 0 Å². The summed E-state index contributed by atoms with van der Waals surface area (Å²) in [6.07, 6.45) is -2.59. The third-order valence-corrected chi connectivity index (χ3v) is 6.21. The number of aryl methyl sites for hydroxylation is 1. The van der Waals surface area contributed by atoms with Crippen LogP contribution in [0.2, 0.25) is 0 Å². The molecule has 1 amide bonds. The molecule has 4 aromatic rings. The fourth-order valence-electron chi connectivity index (χ4n) is 4.39. The van der Waals surface area contributed by atoms with Crippen molar-refractivity contribution < 1.29 is 27.9 Å². The van der Waals surface area contributed by atoms with Gasteiger partial charge in [-0.05, 0) is 60.2 Å². The largest absolute Gasteiger partial charge is 0.463 e. The first-order valence-electron chi connectivity index (χ1n) is 12.2. The van der Waals surface area contributed by atoms with Crippen LogP contribution in [-0.4, -0.2) is 43.2 Å². The van der Waals surface area contributed by atoms with Gasteiger partial charge < -0.3 is 15.7 Å². The quantitative estimate of drug-likeness (QED) is 0.270. The van der Waals surface area contributed by atoms with Crippen molar-refractivity contribution in [1.29, 1.82) is 0 Å². The maximum absolute atomic E-state index is 13.2. The number of anilines is 2. The number of hydrogen-bond donors (Lipinski definition) is 3. The summed E-state index contributed by atoms with van der Waals surface area (Å²) >= 11 is 0. The molecule has 0 saturated carbocycles. The Kier molecular flexibility index (Phi) is 7.15. The zero-order valence-corrected chi connectivity index (χ0v) is 22.1. The molecule has 0 bridgehead atoms. The normalized spacial score (nSPS) is 12.1. The molecule has 0 saturated heterocycles. The molecule has 4 rings (SSSR count). The number of carboxylic acid groups (broad SMARTS) is 1. The number of halogens is 3. The Labute approximate surface area is 222 Å². The van der Waals surface area contributed by atoms with Gasteiger partial charge >= 0.3 is 12.3 Å². The molecule has 0 atom stereocenters. The second-order valence-corrected chi connectivity index (χ2v) is 10.2. The minimum absolute atomic E-state index is 0.0315. The van der Waals surface area contributed by atoms with Crippen LogP contribution in [0.1, 0.15) is 44.4 Å². The molecule has 2 aromatic heterocycles. The number of nitrogens with one attached hydrogen (secondary N) is 2. The summed E-state index contributed by atoms with van der Waals surface area (Å²) in [7, 11) is 0. The van der Waals surface area contributed by atoms with Gasteiger partial charge in [0.1, 0.15) is 6.54 Å². The molecule has 0 aliphatic rings. The number of benzene rings is 2. The zero-order chi connectivity index (χ0) is 28.7. The van der Waals surface area contributed by atoms with Crippen LogP contribution in [0.4, 0.5) is 29.5 Å². The minimum atomic E-state index is -4.53. The number of rotatable bonds is 6. The van der Waals surface area contributed by atoms with Crippen molar-refractivity contribution in [2.75, 3.05) is 17.2 Å².